The fourth-order valence-electron chi connectivity index (χ4n) is 11.1. The van der Waals surface area contributed by atoms with E-state index in [1.807, 2.05) is 131 Å². The first-order valence-corrected chi connectivity index (χ1v) is 51.7. The molecule has 146 heavy (non-hydrogen) atoms. The highest BCUT2D eigenvalue weighted by molar-refractivity contribution is 6.71. The molecule has 1 aliphatic rings. The lowest BCUT2D eigenvalue weighted by Gasteiger charge is -2.16. The predicted molar refractivity (Wildman–Crippen MR) is 590 cm³/mol. The smallest absolute Gasteiger partial charge is 0.313 e. The average Bonchev–Trinajstić information content (AvgIpc) is 1.47. The molecule has 9 heterocycles. The second kappa shape index (κ2) is 52.6. The second-order valence-corrected chi connectivity index (χ2v) is 53.6. The molecule has 27 nitrogen and oxygen atoms in total. The number of hydrogen-bond acceptors (Lipinski definition) is 26. The molecule has 0 fully saturated rings. The number of benzene rings is 7. The summed E-state index contributed by atoms with van der Waals surface area (Å²) in [5.74, 6) is 1.61. The standard InChI is InChI=1S/C19H11Cl6N3.C13H9Cl6N3.C12H5Cl6N3O2.C11H5Cl6N3O.C11H9Cl3N2O.C10H6Cl3N3O2.C10H7Cl3N2O2/c20-18(21,22)16-26-15(27-17(28-16)19(23,24)25)14-10-8-13(9-11-14)7-6-12-4-2-1-3-5-12;1-6-3-7(2)5-8(4-6)9-20-10(12(14,15)16)22-11(21-9)13(17,18)19;13-11(14,15)9-19-8(20-10(21-9)12(16,17)18)5-1-2-6-7(3-5)23-4-22-6;12-10(13,14)8-18-7(4-3-6-2-1-5-21-6)19-9(20-8)11(15,16)17;1-6-3-7(2)5-8(4-6)9-15-16-10(17-9)11(12,13)14;11-10(12,13)9-16-15-8(18-9)7(17)14-6-4-2-1-3-5-6;1-16-7-4-2-6(3-5-7)8-14-15-9(17-8)10(11,12)13/h1-11H;3-5H,1-2H3;1-3H,4H2;1-5H;3-5H,1-2H3;1-5H,(H,14,17);2-5H,1H3/b7-6+;;;4-3+;;;. The van der Waals surface area contributed by atoms with Gasteiger partial charge in [-0.1, -0.05) is 502 Å². The van der Waals surface area contributed by atoms with Gasteiger partial charge in [-0.05, 0) is 142 Å². The van der Waals surface area contributed by atoms with Gasteiger partial charge in [-0.3, -0.25) is 4.79 Å². The third-order valence-corrected chi connectivity index (χ3v) is 22.6. The van der Waals surface area contributed by atoms with Crippen molar-refractivity contribution in [2.24, 2.45) is 0 Å². The Morgan fingerprint density at radius 2 is 0.658 bits per heavy atom. The minimum Gasteiger partial charge on any atom is -0.497 e. The van der Waals surface area contributed by atoms with Crippen LogP contribution in [0.2, 0.25) is 0 Å². The van der Waals surface area contributed by atoms with Gasteiger partial charge in [-0.2, -0.15) is 0 Å². The second-order valence-electron chi connectivity index (χ2n) is 28.6. The maximum atomic E-state index is 11.7. The van der Waals surface area contributed by atoms with E-state index in [0.717, 1.165) is 50.3 Å². The number of amides is 1. The van der Waals surface area contributed by atoms with Crippen molar-refractivity contribution in [1.82, 2.24) is 90.4 Å². The SMILES string of the molecule is COc1ccc(-c2nnc(C(Cl)(Cl)Cl)o2)cc1.Cc1cc(C)cc(-c2nc(C(Cl)(Cl)Cl)nc(C(Cl)(Cl)Cl)n2)c1.Cc1cc(C)cc(-c2nnc(C(Cl)(Cl)Cl)o2)c1.ClC(Cl)(Cl)c1nc(-c2ccc(/C=C/c3ccccc3)cc2)nc(C(Cl)(Cl)Cl)n1.ClC(Cl)(Cl)c1nc(-c2ccc3c(c2)OCO3)nc(C(Cl)(Cl)Cl)n1.ClC(Cl)(Cl)c1nc(/C=C/c2ccco2)nc(C(Cl)(Cl)Cl)n1.O=C(Nc1ccccc1)c1nnc(C(Cl)(Cl)Cl)o1. The summed E-state index contributed by atoms with van der Waals surface area (Å²) in [6, 6.07) is 53.5. The third-order valence-electron chi connectivity index (χ3n) is 17.1. The number of fused-ring (bicyclic) bond motifs is 1. The Labute approximate surface area is 994 Å². The molecule has 15 aromatic rings. The van der Waals surface area contributed by atoms with Crippen LogP contribution >= 0.6 is 383 Å². The Bertz CT molecular complexity index is 6840. The van der Waals surface area contributed by atoms with E-state index < -0.39 is 47.6 Å². The normalized spacial score (nSPS) is 12.5. The van der Waals surface area contributed by atoms with Crippen molar-refractivity contribution < 1.29 is 36.7 Å². The van der Waals surface area contributed by atoms with Crippen molar-refractivity contribution in [3.05, 3.63) is 297 Å². The number of furan rings is 1. The zero-order valence-corrected chi connectivity index (χ0v) is 97.6. The lowest BCUT2D eigenvalue weighted by atomic mass is 10.1. The molecule has 60 heteroatoms. The number of methoxy groups -OCH3 is 1. The molecular weight excluding hydrogens is 2600 g/mol. The Morgan fingerprint density at radius 1 is 0.308 bits per heavy atom. The number of nitrogens with one attached hydrogen (secondary N) is 1. The largest absolute Gasteiger partial charge is 0.497 e. The van der Waals surface area contributed by atoms with Crippen LogP contribution in [-0.4, -0.2) is 110 Å². The van der Waals surface area contributed by atoms with Crippen LogP contribution in [-0.2, 0) is 41.7 Å². The first-order chi connectivity index (χ1) is 67.7. The van der Waals surface area contributed by atoms with E-state index in [2.05, 4.69) is 102 Å². The molecule has 0 unspecified atom stereocenters. The molecule has 0 spiro atoms. The van der Waals surface area contributed by atoms with Crippen molar-refractivity contribution in [3.8, 4) is 74.3 Å². The average molecular weight is 2650 g/mol. The molecule has 0 saturated heterocycles. The first kappa shape index (κ1) is 123. The molecule has 0 saturated carbocycles. The van der Waals surface area contributed by atoms with E-state index >= 15 is 0 Å². The number of carbonyl (C=O) groups is 1. The van der Waals surface area contributed by atoms with Gasteiger partial charge in [0.15, 0.2) is 81.4 Å². The van der Waals surface area contributed by atoms with Gasteiger partial charge in [0, 0.05) is 33.5 Å². The highest BCUT2D eigenvalue weighted by Crippen LogP contribution is 2.49. The highest BCUT2D eigenvalue weighted by Gasteiger charge is 2.41. The summed E-state index contributed by atoms with van der Waals surface area (Å²) in [5.41, 5.74) is 10.4. The van der Waals surface area contributed by atoms with Crippen molar-refractivity contribution >= 4 is 419 Å². The van der Waals surface area contributed by atoms with Gasteiger partial charge in [0.05, 0.1) is 13.4 Å². The van der Waals surface area contributed by atoms with E-state index in [1.54, 1.807) is 92.0 Å². The molecule has 0 atom stereocenters. The van der Waals surface area contributed by atoms with E-state index in [4.69, 9.17) is 415 Å². The number of aryl methyl sites for hydroxylation is 4. The topological polar surface area (TPSA) is 341 Å². The van der Waals surface area contributed by atoms with E-state index in [0.29, 0.717) is 45.5 Å². The Balaban J connectivity index is 0.000000176. The van der Waals surface area contributed by atoms with Crippen molar-refractivity contribution in [2.75, 3.05) is 19.2 Å². The molecular formula is C86H52Cl33N19O8. The molecule has 8 aromatic heterocycles. The van der Waals surface area contributed by atoms with Crippen molar-refractivity contribution in [3.63, 3.8) is 0 Å². The van der Waals surface area contributed by atoms with Gasteiger partial charge in [-0.25, -0.2) is 59.8 Å². The van der Waals surface area contributed by atoms with Crippen LogP contribution in [0.5, 0.6) is 17.2 Å². The molecule has 770 valence electrons. The number of rotatable bonds is 12. The number of alkyl halides is 33. The zero-order valence-electron chi connectivity index (χ0n) is 72.6. The van der Waals surface area contributed by atoms with Crippen LogP contribution in [0.4, 0.5) is 5.69 Å². The Hall–Kier alpha value is -4.80. The minimum absolute atomic E-state index is 0.0309. The van der Waals surface area contributed by atoms with Gasteiger partial charge >= 0.3 is 11.8 Å². The Morgan fingerprint density at radius 3 is 1.04 bits per heavy atom. The maximum absolute atomic E-state index is 11.7. The molecule has 16 rings (SSSR count). The van der Waals surface area contributed by atoms with Gasteiger partial charge < -0.3 is 37.2 Å². The molecule has 0 bridgehead atoms. The summed E-state index contributed by atoms with van der Waals surface area (Å²) in [6.45, 7) is 8.01. The maximum Gasteiger partial charge on any atom is 0.313 e. The van der Waals surface area contributed by atoms with Crippen LogP contribution < -0.4 is 19.5 Å². The molecule has 1 N–H and O–H groups in total. The Kier molecular flexibility index (Phi) is 44.3. The number of anilines is 1. The zero-order chi connectivity index (χ0) is 108. The fraction of sp³-hybridized carbons (Fsp3) is 0.198. The predicted octanol–water partition coefficient (Wildman–Crippen LogP) is 34.3. The van der Waals surface area contributed by atoms with E-state index in [-0.39, 0.29) is 106 Å². The molecule has 0 radical (unpaired) electrons. The summed E-state index contributed by atoms with van der Waals surface area (Å²) >= 11 is 191. The summed E-state index contributed by atoms with van der Waals surface area (Å²) in [6.07, 6.45) is 8.65. The molecule has 1 amide bonds. The summed E-state index contributed by atoms with van der Waals surface area (Å²) < 4.78 is 15.9. The minimum atomic E-state index is -1.90. The van der Waals surface area contributed by atoms with Crippen molar-refractivity contribution in [1.29, 1.82) is 0 Å². The van der Waals surface area contributed by atoms with Crippen LogP contribution in [0, 0.1) is 27.7 Å². The number of nitrogens with zero attached hydrogens (tertiary/aromatic N) is 18. The van der Waals surface area contributed by atoms with Gasteiger partial charge in [-0.15, -0.1) is 30.6 Å². The lowest BCUT2D eigenvalue weighted by Crippen LogP contribution is -2.16. The van der Waals surface area contributed by atoms with Crippen molar-refractivity contribution in [2.45, 2.75) is 69.4 Å². The molecule has 0 aliphatic carbocycles. The van der Waals surface area contributed by atoms with Crippen LogP contribution in [0.15, 0.2) is 200 Å². The van der Waals surface area contributed by atoms with Crippen LogP contribution in [0.1, 0.15) is 120 Å². The number of carbonyl (C=O) groups excluding carboxylic acids is 1. The summed E-state index contributed by atoms with van der Waals surface area (Å²) in [4.78, 5) is 60.4. The van der Waals surface area contributed by atoms with Gasteiger partial charge in [0.1, 0.15) is 11.5 Å². The number of aromatic nitrogens is 18. The summed E-state index contributed by atoms with van der Waals surface area (Å²) in [7, 11) is 1.59. The molecule has 7 aromatic carbocycles. The quantitative estimate of drug-likeness (QED) is 0.0877. The summed E-state index contributed by atoms with van der Waals surface area (Å²) in [5, 5.41) is 24.6. The lowest BCUT2D eigenvalue weighted by molar-refractivity contribution is 0.0988. The molecule has 1 aliphatic heterocycles. The van der Waals surface area contributed by atoms with E-state index in [1.165, 1.54) is 12.3 Å². The monoisotopic (exact) mass is 2630 g/mol. The highest BCUT2D eigenvalue weighted by atomic mass is 35.6. The third kappa shape index (κ3) is 38.7. The number of para-hydroxylation sites is 1. The number of ether oxygens (including phenoxy) is 3. The van der Waals surface area contributed by atoms with Crippen LogP contribution in [0.3, 0.4) is 0 Å². The van der Waals surface area contributed by atoms with Gasteiger partial charge in [0.25, 0.3) is 29.0 Å². The van der Waals surface area contributed by atoms with Gasteiger partial charge in [0.2, 0.25) is 48.9 Å². The fourth-order valence-corrected chi connectivity index (χ4v) is 13.8. The first-order valence-electron chi connectivity index (χ1n) is 39.2. The number of hydrogen-bond donors (Lipinski definition) is 1. The van der Waals surface area contributed by atoms with E-state index in [9.17, 15) is 4.79 Å². The van der Waals surface area contributed by atoms with Crippen LogP contribution in [0.25, 0.3) is 81.4 Å². The number of halogens is 33.